The normalized spacial score (nSPS) is 12.3. The van der Waals surface area contributed by atoms with Crippen molar-refractivity contribution >= 4 is 39.3 Å². The molecule has 3 aromatic rings. The van der Waals surface area contributed by atoms with Crippen molar-refractivity contribution < 1.29 is 50.2 Å². The molecule has 0 unspecified atom stereocenters. The summed E-state index contributed by atoms with van der Waals surface area (Å²) in [7, 11) is 1.83. The number of halogens is 6. The lowest BCUT2D eigenvalue weighted by molar-refractivity contribution is -0.156. The predicted octanol–water partition coefficient (Wildman–Crippen LogP) is 5.18. The molecule has 5 nitrogen and oxygen atoms in total. The summed E-state index contributed by atoms with van der Waals surface area (Å²) < 4.78 is 88.5. The van der Waals surface area contributed by atoms with E-state index in [1.165, 1.54) is 0 Å². The number of carbonyl (C=O) groups excluding carboxylic acids is 3. The van der Waals surface area contributed by atoms with Crippen LogP contribution in [-0.4, -0.2) is 31.9 Å². The Hall–Kier alpha value is -3.63. The third-order valence-electron chi connectivity index (χ3n) is 5.01. The minimum atomic E-state index is -4.82. The van der Waals surface area contributed by atoms with Gasteiger partial charge in [-0.1, -0.05) is 12.1 Å². The number of hydrogen-bond donors (Lipinski definition) is 0. The molecule has 0 aromatic heterocycles. The fourth-order valence-corrected chi connectivity index (χ4v) is 3.41. The molecule has 0 atom stereocenters. The lowest BCUT2D eigenvalue weighted by atomic mass is 9.89. The molecule has 0 bridgehead atoms. The van der Waals surface area contributed by atoms with E-state index in [0.29, 0.717) is 24.3 Å². The molecule has 0 spiro atoms. The molecule has 33 heavy (non-hydrogen) atoms. The second-order valence-electron chi connectivity index (χ2n) is 6.96. The van der Waals surface area contributed by atoms with E-state index in [-0.39, 0.29) is 27.1 Å². The van der Waals surface area contributed by atoms with E-state index in [2.05, 4.69) is 9.47 Å². The maximum atomic E-state index is 13.3. The van der Waals surface area contributed by atoms with Crippen molar-refractivity contribution in [2.45, 2.75) is 12.4 Å². The van der Waals surface area contributed by atoms with Crippen LogP contribution in [0, 0.1) is 5.92 Å². The van der Waals surface area contributed by atoms with Crippen LogP contribution in [0.1, 0.15) is 21.5 Å². The Labute approximate surface area is 181 Å². The molecular formula is C22H14F6O5. The monoisotopic (exact) mass is 472 g/mol. The number of methoxy groups -OCH3 is 2. The van der Waals surface area contributed by atoms with Crippen molar-refractivity contribution in [3.05, 3.63) is 59.2 Å². The fourth-order valence-electron chi connectivity index (χ4n) is 3.41. The summed E-state index contributed by atoms with van der Waals surface area (Å²) in [5, 5.41) is -0.704. The Bertz CT molecular complexity index is 1260. The van der Waals surface area contributed by atoms with E-state index in [1.807, 2.05) is 0 Å². The largest absolute Gasteiger partial charge is 0.468 e. The number of rotatable bonds is 4. The van der Waals surface area contributed by atoms with Crippen LogP contribution in [0.15, 0.2) is 42.5 Å². The van der Waals surface area contributed by atoms with E-state index >= 15 is 0 Å². The average molecular weight is 472 g/mol. The predicted molar refractivity (Wildman–Crippen MR) is 103 cm³/mol. The van der Waals surface area contributed by atoms with Gasteiger partial charge < -0.3 is 9.47 Å². The Balaban J connectivity index is 2.40. The number of alkyl halides is 6. The molecule has 0 aliphatic heterocycles. The van der Waals surface area contributed by atoms with Gasteiger partial charge in [0.25, 0.3) is 0 Å². The van der Waals surface area contributed by atoms with Gasteiger partial charge in [-0.15, -0.1) is 0 Å². The highest BCUT2D eigenvalue weighted by molar-refractivity contribution is 6.26. The fraction of sp³-hybridized carbons (Fsp3) is 0.227. The van der Waals surface area contributed by atoms with Crippen molar-refractivity contribution in [1.82, 2.24) is 0 Å². The molecular weight excluding hydrogens is 458 g/mol. The molecule has 0 aliphatic carbocycles. The zero-order valence-corrected chi connectivity index (χ0v) is 16.9. The standard InChI is InChI=1S/C22H14F6O5/c1-32-19(30)17(20(31)33-2)18(29)16-7-10-3-4-11(21(23,24)25)8-14(10)15-9-12(22(26,27)28)5-6-13(15)16/h3-9,17H,1-2H3. The van der Waals surface area contributed by atoms with Crippen molar-refractivity contribution in [2.75, 3.05) is 14.2 Å². The van der Waals surface area contributed by atoms with E-state index in [9.17, 15) is 40.7 Å². The molecule has 0 fully saturated rings. The minimum absolute atomic E-state index is 0.00773. The van der Waals surface area contributed by atoms with E-state index in [0.717, 1.165) is 32.4 Å². The average Bonchev–Trinajstić information content (AvgIpc) is 2.76. The van der Waals surface area contributed by atoms with Gasteiger partial charge in [-0.3, -0.25) is 14.4 Å². The first kappa shape index (κ1) is 24.0. The van der Waals surface area contributed by atoms with Crippen molar-refractivity contribution in [1.29, 1.82) is 0 Å². The van der Waals surface area contributed by atoms with Crippen LogP contribution >= 0.6 is 0 Å². The SMILES string of the molecule is COC(=O)C(C(=O)OC)C(=O)c1cc2ccc(C(F)(F)F)cc2c2cc(C(F)(F)F)ccc12. The molecule has 3 rings (SSSR count). The zero-order valence-electron chi connectivity index (χ0n) is 16.9. The number of hydrogen-bond acceptors (Lipinski definition) is 5. The molecule has 0 saturated carbocycles. The molecule has 0 heterocycles. The number of benzene rings is 3. The Morgan fingerprint density at radius 1 is 0.697 bits per heavy atom. The molecule has 0 N–H and O–H groups in total. The summed E-state index contributed by atoms with van der Waals surface area (Å²) >= 11 is 0. The highest BCUT2D eigenvalue weighted by atomic mass is 19.4. The third-order valence-corrected chi connectivity index (χ3v) is 5.01. The zero-order chi connectivity index (χ0) is 24.7. The Morgan fingerprint density at radius 2 is 1.18 bits per heavy atom. The van der Waals surface area contributed by atoms with Crippen LogP contribution < -0.4 is 0 Å². The van der Waals surface area contributed by atoms with Crippen LogP contribution in [0.3, 0.4) is 0 Å². The van der Waals surface area contributed by atoms with Gasteiger partial charge in [0.1, 0.15) is 0 Å². The molecule has 0 aliphatic rings. The van der Waals surface area contributed by atoms with Gasteiger partial charge in [0, 0.05) is 5.56 Å². The van der Waals surface area contributed by atoms with Crippen LogP contribution in [0.2, 0.25) is 0 Å². The van der Waals surface area contributed by atoms with Crippen molar-refractivity contribution in [3.63, 3.8) is 0 Å². The first-order chi connectivity index (χ1) is 15.3. The van der Waals surface area contributed by atoms with Gasteiger partial charge in [-0.05, 0) is 51.9 Å². The summed E-state index contributed by atoms with van der Waals surface area (Å²) in [6.07, 6.45) is -9.58. The number of Topliss-reactive ketones (excluding diaryl/α,β-unsaturated/α-hetero) is 1. The molecule has 0 saturated heterocycles. The van der Waals surface area contributed by atoms with Gasteiger partial charge >= 0.3 is 24.3 Å². The Morgan fingerprint density at radius 3 is 1.67 bits per heavy atom. The molecule has 11 heteroatoms. The summed E-state index contributed by atoms with van der Waals surface area (Å²) in [6, 6.07) is 5.62. The lowest BCUT2D eigenvalue weighted by Gasteiger charge is -2.17. The lowest BCUT2D eigenvalue weighted by Crippen LogP contribution is -2.34. The van der Waals surface area contributed by atoms with Gasteiger partial charge in [0.15, 0.2) is 5.78 Å². The van der Waals surface area contributed by atoms with Crippen molar-refractivity contribution in [2.24, 2.45) is 5.92 Å². The summed E-state index contributed by atoms with van der Waals surface area (Å²) in [6.45, 7) is 0. The number of esters is 2. The van der Waals surface area contributed by atoms with Crippen molar-refractivity contribution in [3.8, 4) is 0 Å². The minimum Gasteiger partial charge on any atom is -0.468 e. The first-order valence-electron chi connectivity index (χ1n) is 9.14. The topological polar surface area (TPSA) is 69.7 Å². The van der Waals surface area contributed by atoms with Gasteiger partial charge in [-0.25, -0.2) is 0 Å². The van der Waals surface area contributed by atoms with Gasteiger partial charge in [0.2, 0.25) is 5.92 Å². The highest BCUT2D eigenvalue weighted by Crippen LogP contribution is 2.38. The Kier molecular flexibility index (Phi) is 6.10. The summed E-state index contributed by atoms with van der Waals surface area (Å²) in [5.74, 6) is -5.74. The number of fused-ring (bicyclic) bond motifs is 3. The van der Waals surface area contributed by atoms with E-state index in [1.54, 1.807) is 0 Å². The summed E-state index contributed by atoms with van der Waals surface area (Å²) in [5.41, 5.74) is -2.61. The maximum absolute atomic E-state index is 13.3. The van der Waals surface area contributed by atoms with Gasteiger partial charge in [-0.2, -0.15) is 26.3 Å². The smallest absolute Gasteiger partial charge is 0.416 e. The van der Waals surface area contributed by atoms with Crippen LogP contribution in [0.25, 0.3) is 21.5 Å². The molecule has 0 amide bonds. The number of ether oxygens (including phenoxy) is 2. The quantitative estimate of drug-likeness (QED) is 0.172. The highest BCUT2D eigenvalue weighted by Gasteiger charge is 2.38. The summed E-state index contributed by atoms with van der Waals surface area (Å²) in [4.78, 5) is 37.2. The van der Waals surface area contributed by atoms with Crippen LogP contribution in [0.5, 0.6) is 0 Å². The van der Waals surface area contributed by atoms with E-state index < -0.39 is 47.1 Å². The molecule has 0 radical (unpaired) electrons. The van der Waals surface area contributed by atoms with Crippen LogP contribution in [0.4, 0.5) is 26.3 Å². The third kappa shape index (κ3) is 4.48. The van der Waals surface area contributed by atoms with Crippen LogP contribution in [-0.2, 0) is 31.4 Å². The van der Waals surface area contributed by atoms with Gasteiger partial charge in [0.05, 0.1) is 25.3 Å². The number of carbonyl (C=O) groups is 3. The molecule has 3 aromatic carbocycles. The first-order valence-corrected chi connectivity index (χ1v) is 9.14. The van der Waals surface area contributed by atoms with E-state index in [4.69, 9.17) is 0 Å². The number of ketones is 1. The maximum Gasteiger partial charge on any atom is 0.416 e. The molecule has 174 valence electrons. The second kappa shape index (κ2) is 8.38. The second-order valence-corrected chi connectivity index (χ2v) is 6.96.